The minimum absolute atomic E-state index is 0.142. The van der Waals surface area contributed by atoms with Crippen molar-refractivity contribution in [3.05, 3.63) is 31.6 Å². The highest BCUT2D eigenvalue weighted by molar-refractivity contribution is 6.30. The Balaban J connectivity index is 3.15. The Labute approximate surface area is 117 Å². The first-order chi connectivity index (χ1) is 8.82. The van der Waals surface area contributed by atoms with Crippen LogP contribution in [0.1, 0.15) is 32.8 Å². The van der Waals surface area contributed by atoms with E-state index in [9.17, 15) is 9.59 Å². The van der Waals surface area contributed by atoms with E-state index in [2.05, 4.69) is 4.98 Å². The molecule has 0 atom stereocenters. The molecule has 6 heteroatoms. The largest absolute Gasteiger partial charge is 0.385 e. The molecule has 19 heavy (non-hydrogen) atoms. The molecule has 0 radical (unpaired) electrons. The van der Waals surface area contributed by atoms with E-state index in [4.69, 9.17) is 16.3 Å². The Bertz CT molecular complexity index is 546. The van der Waals surface area contributed by atoms with E-state index < -0.39 is 5.69 Å². The van der Waals surface area contributed by atoms with Crippen LogP contribution in [0.2, 0.25) is 5.15 Å². The normalized spacial score (nSPS) is 11.8. The van der Waals surface area contributed by atoms with Gasteiger partial charge in [0.25, 0.3) is 5.56 Å². The van der Waals surface area contributed by atoms with Gasteiger partial charge < -0.3 is 4.74 Å². The Morgan fingerprint density at radius 3 is 2.53 bits per heavy atom. The van der Waals surface area contributed by atoms with E-state index in [0.717, 1.165) is 6.42 Å². The number of H-pyrrole nitrogens is 1. The van der Waals surface area contributed by atoms with Crippen LogP contribution in [0.3, 0.4) is 0 Å². The first-order valence-corrected chi connectivity index (χ1v) is 6.70. The van der Waals surface area contributed by atoms with Crippen molar-refractivity contribution in [1.29, 1.82) is 0 Å². The van der Waals surface area contributed by atoms with Gasteiger partial charge in [0, 0.05) is 20.3 Å². The van der Waals surface area contributed by atoms with Gasteiger partial charge in [-0.25, -0.2) is 4.79 Å². The molecule has 0 saturated carbocycles. The van der Waals surface area contributed by atoms with E-state index in [0.29, 0.717) is 25.1 Å². The van der Waals surface area contributed by atoms with Crippen molar-refractivity contribution in [3.63, 3.8) is 0 Å². The standard InChI is InChI=1S/C13H21ClN2O3/c1-5-9-10(14)15-12(18)16(11(9)17)8-13(2,3)6-7-19-4/h5-8H2,1-4H3,(H,15,18). The zero-order valence-electron chi connectivity index (χ0n) is 11.9. The molecule has 1 rings (SSSR count). The molecule has 1 aromatic rings. The molecule has 0 aromatic carbocycles. The monoisotopic (exact) mass is 288 g/mol. The first kappa shape index (κ1) is 16.0. The molecule has 0 saturated heterocycles. The van der Waals surface area contributed by atoms with Crippen molar-refractivity contribution in [2.24, 2.45) is 5.41 Å². The number of aromatic amines is 1. The predicted molar refractivity (Wildman–Crippen MR) is 76.0 cm³/mol. The highest BCUT2D eigenvalue weighted by Crippen LogP contribution is 2.21. The van der Waals surface area contributed by atoms with Gasteiger partial charge in [0.2, 0.25) is 0 Å². The van der Waals surface area contributed by atoms with Crippen LogP contribution >= 0.6 is 11.6 Å². The average Bonchev–Trinajstić information content (AvgIpc) is 2.32. The van der Waals surface area contributed by atoms with E-state index in [1.807, 2.05) is 20.8 Å². The van der Waals surface area contributed by atoms with Gasteiger partial charge in [0.05, 0.1) is 5.56 Å². The summed E-state index contributed by atoms with van der Waals surface area (Å²) >= 11 is 5.87. The van der Waals surface area contributed by atoms with Crippen molar-refractivity contribution >= 4 is 11.6 Å². The fourth-order valence-electron chi connectivity index (χ4n) is 1.92. The summed E-state index contributed by atoms with van der Waals surface area (Å²) in [5, 5.41) is 0.142. The van der Waals surface area contributed by atoms with Crippen LogP contribution in [-0.4, -0.2) is 23.3 Å². The summed E-state index contributed by atoms with van der Waals surface area (Å²) < 4.78 is 6.27. The predicted octanol–water partition coefficient (Wildman–Crippen LogP) is 1.82. The summed E-state index contributed by atoms with van der Waals surface area (Å²) in [6, 6.07) is 0. The maximum absolute atomic E-state index is 12.2. The number of hydrogen-bond donors (Lipinski definition) is 1. The number of ether oxygens (including phenoxy) is 1. The minimum Gasteiger partial charge on any atom is -0.385 e. The number of aromatic nitrogens is 2. The molecule has 0 unspecified atom stereocenters. The number of halogens is 1. The molecule has 0 bridgehead atoms. The van der Waals surface area contributed by atoms with Gasteiger partial charge in [0.15, 0.2) is 0 Å². The van der Waals surface area contributed by atoms with Crippen molar-refractivity contribution in [2.45, 2.75) is 40.2 Å². The Morgan fingerprint density at radius 2 is 2.00 bits per heavy atom. The minimum atomic E-state index is -0.460. The molecular formula is C13H21ClN2O3. The molecule has 0 amide bonds. The zero-order chi connectivity index (χ0) is 14.6. The third kappa shape index (κ3) is 3.94. The number of hydrogen-bond acceptors (Lipinski definition) is 3. The lowest BCUT2D eigenvalue weighted by molar-refractivity contribution is 0.141. The van der Waals surface area contributed by atoms with Gasteiger partial charge in [0.1, 0.15) is 5.15 Å². The number of rotatable bonds is 6. The van der Waals surface area contributed by atoms with Crippen LogP contribution in [0.5, 0.6) is 0 Å². The van der Waals surface area contributed by atoms with Crippen LogP contribution in [0, 0.1) is 5.41 Å². The summed E-state index contributed by atoms with van der Waals surface area (Å²) in [6.45, 7) is 6.76. The van der Waals surface area contributed by atoms with Gasteiger partial charge in [-0.1, -0.05) is 32.4 Å². The number of nitrogens with one attached hydrogen (secondary N) is 1. The van der Waals surface area contributed by atoms with E-state index in [1.54, 1.807) is 7.11 Å². The van der Waals surface area contributed by atoms with Crippen molar-refractivity contribution in [2.75, 3.05) is 13.7 Å². The number of nitrogens with zero attached hydrogens (tertiary/aromatic N) is 1. The molecule has 1 aromatic heterocycles. The molecule has 0 spiro atoms. The third-order valence-corrected chi connectivity index (χ3v) is 3.48. The summed E-state index contributed by atoms with van der Waals surface area (Å²) in [5.41, 5.74) is -0.519. The van der Waals surface area contributed by atoms with Gasteiger partial charge in [-0.05, 0) is 18.3 Å². The van der Waals surface area contributed by atoms with Gasteiger partial charge >= 0.3 is 5.69 Å². The molecule has 1 heterocycles. The summed E-state index contributed by atoms with van der Waals surface area (Å²) in [6.07, 6.45) is 1.26. The van der Waals surface area contributed by atoms with Crippen LogP contribution in [0.25, 0.3) is 0 Å². The first-order valence-electron chi connectivity index (χ1n) is 6.33. The van der Waals surface area contributed by atoms with Gasteiger partial charge in [-0.3, -0.25) is 14.3 Å². The van der Waals surface area contributed by atoms with Crippen molar-refractivity contribution in [1.82, 2.24) is 9.55 Å². The average molecular weight is 289 g/mol. The lowest BCUT2D eigenvalue weighted by atomic mass is 9.89. The molecule has 0 fully saturated rings. The van der Waals surface area contributed by atoms with Gasteiger partial charge in [-0.15, -0.1) is 0 Å². The smallest absolute Gasteiger partial charge is 0.329 e. The van der Waals surface area contributed by atoms with Crippen LogP contribution in [0.15, 0.2) is 9.59 Å². The van der Waals surface area contributed by atoms with Crippen molar-refractivity contribution in [3.8, 4) is 0 Å². The van der Waals surface area contributed by atoms with Crippen LogP contribution < -0.4 is 11.2 Å². The molecule has 108 valence electrons. The fraction of sp³-hybridized carbons (Fsp3) is 0.692. The van der Waals surface area contributed by atoms with Gasteiger partial charge in [-0.2, -0.15) is 0 Å². The van der Waals surface area contributed by atoms with Crippen LogP contribution in [-0.2, 0) is 17.7 Å². The lowest BCUT2D eigenvalue weighted by Crippen LogP contribution is -2.41. The zero-order valence-corrected chi connectivity index (χ0v) is 12.6. The molecule has 0 aliphatic heterocycles. The SMILES string of the molecule is CCc1c(Cl)[nH]c(=O)n(CC(C)(C)CCOC)c1=O. The van der Waals surface area contributed by atoms with E-state index in [-0.39, 0.29) is 16.1 Å². The lowest BCUT2D eigenvalue weighted by Gasteiger charge is -2.24. The quantitative estimate of drug-likeness (QED) is 0.812. The second-order valence-corrected chi connectivity index (χ2v) is 5.75. The maximum atomic E-state index is 12.2. The maximum Gasteiger partial charge on any atom is 0.329 e. The molecule has 0 aliphatic carbocycles. The summed E-state index contributed by atoms with van der Waals surface area (Å²) in [7, 11) is 1.63. The fourth-order valence-corrected chi connectivity index (χ4v) is 2.22. The van der Waals surface area contributed by atoms with E-state index in [1.165, 1.54) is 4.57 Å². The molecule has 0 aliphatic rings. The second-order valence-electron chi connectivity index (χ2n) is 5.37. The Hall–Kier alpha value is -1.07. The topological polar surface area (TPSA) is 64.1 Å². The summed E-state index contributed by atoms with van der Waals surface area (Å²) in [4.78, 5) is 26.6. The highest BCUT2D eigenvalue weighted by atomic mass is 35.5. The Morgan fingerprint density at radius 1 is 1.37 bits per heavy atom. The third-order valence-electron chi connectivity index (χ3n) is 3.15. The van der Waals surface area contributed by atoms with Crippen LogP contribution in [0.4, 0.5) is 0 Å². The Kier molecular flexibility index (Phi) is 5.38. The molecule has 5 nitrogen and oxygen atoms in total. The number of methoxy groups -OCH3 is 1. The van der Waals surface area contributed by atoms with Crippen molar-refractivity contribution < 1.29 is 4.74 Å². The second kappa shape index (κ2) is 6.39. The molecular weight excluding hydrogens is 268 g/mol. The summed E-state index contributed by atoms with van der Waals surface area (Å²) in [5.74, 6) is 0. The van der Waals surface area contributed by atoms with E-state index >= 15 is 0 Å². The highest BCUT2D eigenvalue weighted by Gasteiger charge is 2.22. The molecule has 1 N–H and O–H groups in total.